The van der Waals surface area contributed by atoms with Crippen molar-refractivity contribution >= 4 is 0 Å². The van der Waals surface area contributed by atoms with Gasteiger partial charge in [-0.25, -0.2) is 0 Å². The molecule has 0 aromatic heterocycles. The van der Waals surface area contributed by atoms with Crippen molar-refractivity contribution in [1.82, 2.24) is 0 Å². The van der Waals surface area contributed by atoms with Crippen LogP contribution in [0.25, 0.3) is 0 Å². The molecule has 0 heterocycles. The normalized spacial score (nSPS) is 51.5. The highest BCUT2D eigenvalue weighted by atomic mass is 14.6. The van der Waals surface area contributed by atoms with E-state index in [4.69, 9.17) is 0 Å². The van der Waals surface area contributed by atoms with Gasteiger partial charge >= 0.3 is 0 Å². The Balaban J connectivity index is 1.61. The zero-order valence-electron chi connectivity index (χ0n) is 18.2. The predicted octanol–water partition coefficient (Wildman–Crippen LogP) is 8.03. The molecule has 0 spiro atoms. The maximum Gasteiger partial charge on any atom is -0.0152 e. The van der Waals surface area contributed by atoms with Gasteiger partial charge in [-0.05, 0) is 105 Å². The topological polar surface area (TPSA) is 0 Å². The monoisotopic (exact) mass is 356 g/mol. The first-order valence-corrected chi connectivity index (χ1v) is 12.1. The van der Waals surface area contributed by atoms with E-state index in [0.717, 1.165) is 35.5 Å². The molecule has 4 saturated carbocycles. The van der Waals surface area contributed by atoms with Crippen LogP contribution in [0.4, 0.5) is 0 Å². The highest BCUT2D eigenvalue weighted by molar-refractivity contribution is 5.13. The Bertz CT molecular complexity index is 532. The molecule has 0 radical (unpaired) electrons. The zero-order valence-corrected chi connectivity index (χ0v) is 18.2. The molecule has 0 amide bonds. The van der Waals surface area contributed by atoms with Gasteiger partial charge < -0.3 is 0 Å². The maximum atomic E-state index is 4.43. The van der Waals surface area contributed by atoms with Crippen molar-refractivity contribution in [2.24, 2.45) is 46.3 Å². The van der Waals surface area contributed by atoms with Crippen LogP contribution in [0.5, 0.6) is 0 Å². The highest BCUT2D eigenvalue weighted by Crippen LogP contribution is 2.66. The van der Waals surface area contributed by atoms with Crippen LogP contribution in [0.15, 0.2) is 12.2 Å². The Morgan fingerprint density at radius 2 is 1.65 bits per heavy atom. The summed E-state index contributed by atoms with van der Waals surface area (Å²) in [5, 5.41) is 0. The molecule has 4 fully saturated rings. The Hall–Kier alpha value is -0.260. The fourth-order valence-corrected chi connectivity index (χ4v) is 8.98. The minimum atomic E-state index is 0.561. The molecule has 4 aliphatic carbocycles. The lowest BCUT2D eigenvalue weighted by Gasteiger charge is -2.63. The Morgan fingerprint density at radius 3 is 2.38 bits per heavy atom. The van der Waals surface area contributed by atoms with Crippen LogP contribution in [0, 0.1) is 46.3 Å². The summed E-state index contributed by atoms with van der Waals surface area (Å²) < 4.78 is 0. The minimum absolute atomic E-state index is 0.561. The van der Waals surface area contributed by atoms with Crippen molar-refractivity contribution in [3.63, 3.8) is 0 Å². The molecule has 148 valence electrons. The van der Waals surface area contributed by atoms with Gasteiger partial charge in [-0.2, -0.15) is 0 Å². The number of hydrogen-bond acceptors (Lipinski definition) is 0. The maximum absolute atomic E-state index is 4.43. The SMILES string of the molecule is C=C(C)C1CCCC2C3CCC4CC(CC)CCCC4(C)C3CCC12C. The van der Waals surface area contributed by atoms with E-state index in [2.05, 4.69) is 34.3 Å². The molecule has 4 aliphatic rings. The third-order valence-corrected chi connectivity index (χ3v) is 10.4. The Labute approximate surface area is 163 Å². The van der Waals surface area contributed by atoms with E-state index in [1.165, 1.54) is 63.4 Å². The van der Waals surface area contributed by atoms with Crippen LogP contribution in [0.2, 0.25) is 0 Å². The van der Waals surface area contributed by atoms with Gasteiger partial charge in [0.1, 0.15) is 0 Å². The smallest absolute Gasteiger partial charge is 0.0152 e. The third kappa shape index (κ3) is 2.84. The molecule has 0 bridgehead atoms. The molecule has 4 rings (SSSR count). The summed E-state index contributed by atoms with van der Waals surface area (Å²) in [7, 11) is 0. The summed E-state index contributed by atoms with van der Waals surface area (Å²) in [5.74, 6) is 5.89. The second-order valence-electron chi connectivity index (χ2n) is 11.4. The van der Waals surface area contributed by atoms with Crippen molar-refractivity contribution < 1.29 is 0 Å². The van der Waals surface area contributed by atoms with Crippen LogP contribution in [-0.2, 0) is 0 Å². The summed E-state index contributed by atoms with van der Waals surface area (Å²) in [6.07, 6.45) is 18.0. The van der Waals surface area contributed by atoms with Crippen molar-refractivity contribution in [1.29, 1.82) is 0 Å². The zero-order chi connectivity index (χ0) is 18.5. The van der Waals surface area contributed by atoms with Gasteiger partial charge in [0.2, 0.25) is 0 Å². The molecule has 8 unspecified atom stereocenters. The number of fused-ring (bicyclic) bond motifs is 5. The first kappa shape index (κ1) is 19.1. The molecule has 26 heavy (non-hydrogen) atoms. The van der Waals surface area contributed by atoms with E-state index in [1.54, 1.807) is 19.3 Å². The lowest BCUT2D eigenvalue weighted by atomic mass is 9.42. The Kier molecular flexibility index (Phi) is 5.11. The second kappa shape index (κ2) is 6.97. The van der Waals surface area contributed by atoms with Crippen LogP contribution >= 0.6 is 0 Å². The van der Waals surface area contributed by atoms with Gasteiger partial charge in [0.05, 0.1) is 0 Å². The number of allylic oxidation sites excluding steroid dienone is 1. The quantitative estimate of drug-likeness (QED) is 0.439. The van der Waals surface area contributed by atoms with Gasteiger partial charge in [0, 0.05) is 0 Å². The largest absolute Gasteiger partial charge is 0.0998 e. The van der Waals surface area contributed by atoms with E-state index in [-0.39, 0.29) is 0 Å². The lowest BCUT2D eigenvalue weighted by molar-refractivity contribution is -0.127. The molecule has 0 aliphatic heterocycles. The van der Waals surface area contributed by atoms with Crippen molar-refractivity contribution in [2.75, 3.05) is 0 Å². The van der Waals surface area contributed by atoms with Gasteiger partial charge in [-0.1, -0.05) is 58.6 Å². The molecular formula is C26H44. The van der Waals surface area contributed by atoms with Crippen molar-refractivity contribution in [3.05, 3.63) is 12.2 Å². The van der Waals surface area contributed by atoms with E-state index in [0.29, 0.717) is 10.8 Å². The van der Waals surface area contributed by atoms with Crippen LogP contribution < -0.4 is 0 Å². The molecule has 0 N–H and O–H groups in total. The number of hydrogen-bond donors (Lipinski definition) is 0. The van der Waals surface area contributed by atoms with E-state index in [1.807, 2.05) is 0 Å². The summed E-state index contributed by atoms with van der Waals surface area (Å²) >= 11 is 0. The second-order valence-corrected chi connectivity index (χ2v) is 11.4. The van der Waals surface area contributed by atoms with Crippen LogP contribution in [0.3, 0.4) is 0 Å². The molecule has 0 nitrogen and oxygen atoms in total. The average Bonchev–Trinajstić information content (AvgIpc) is 2.78. The molecule has 0 aromatic carbocycles. The molecule has 0 aromatic rings. The fraction of sp³-hybridized carbons (Fsp3) is 0.923. The van der Waals surface area contributed by atoms with E-state index in [9.17, 15) is 0 Å². The average molecular weight is 357 g/mol. The summed E-state index contributed by atoms with van der Waals surface area (Å²) in [4.78, 5) is 0. The van der Waals surface area contributed by atoms with Gasteiger partial charge in [-0.3, -0.25) is 0 Å². The molecule has 8 atom stereocenters. The van der Waals surface area contributed by atoms with Crippen LogP contribution in [0.1, 0.15) is 105 Å². The van der Waals surface area contributed by atoms with E-state index >= 15 is 0 Å². The van der Waals surface area contributed by atoms with Crippen LogP contribution in [-0.4, -0.2) is 0 Å². The lowest BCUT2D eigenvalue weighted by Crippen LogP contribution is -2.55. The first-order valence-electron chi connectivity index (χ1n) is 12.1. The first-order chi connectivity index (χ1) is 12.4. The standard InChI is InChI=1S/C26H44/c1-6-19-9-8-15-25(4)20(17-19)12-13-21-23-11-7-10-22(18(2)3)26(23,5)16-14-24(21)25/h19-24H,2,6-17H2,1,3-5H3. The van der Waals surface area contributed by atoms with Gasteiger partial charge in [-0.15, -0.1) is 0 Å². The molecule has 0 saturated heterocycles. The van der Waals surface area contributed by atoms with E-state index < -0.39 is 0 Å². The predicted molar refractivity (Wildman–Crippen MR) is 113 cm³/mol. The Morgan fingerprint density at radius 1 is 0.885 bits per heavy atom. The summed E-state index contributed by atoms with van der Waals surface area (Å²) in [6.45, 7) is 14.6. The summed E-state index contributed by atoms with van der Waals surface area (Å²) in [6, 6.07) is 0. The third-order valence-electron chi connectivity index (χ3n) is 10.4. The van der Waals surface area contributed by atoms with Gasteiger partial charge in [0.15, 0.2) is 0 Å². The van der Waals surface area contributed by atoms with Gasteiger partial charge in [0.25, 0.3) is 0 Å². The van der Waals surface area contributed by atoms with Crippen molar-refractivity contribution in [2.45, 2.75) is 105 Å². The molecule has 0 heteroatoms. The minimum Gasteiger partial charge on any atom is -0.0998 e. The summed E-state index contributed by atoms with van der Waals surface area (Å²) in [5.41, 5.74) is 2.70. The van der Waals surface area contributed by atoms with Crippen molar-refractivity contribution in [3.8, 4) is 0 Å². The number of rotatable bonds is 2. The molecular weight excluding hydrogens is 312 g/mol. The highest BCUT2D eigenvalue weighted by Gasteiger charge is 2.58. The fourth-order valence-electron chi connectivity index (χ4n) is 8.98.